The van der Waals surface area contributed by atoms with Crippen molar-refractivity contribution < 1.29 is 18.3 Å². The van der Waals surface area contributed by atoms with Gasteiger partial charge in [0.2, 0.25) is 0 Å². The van der Waals surface area contributed by atoms with Crippen molar-refractivity contribution in [1.82, 2.24) is 0 Å². The average molecular weight is 216 g/mol. The molecule has 0 aromatic heterocycles. The summed E-state index contributed by atoms with van der Waals surface area (Å²) < 4.78 is 34.9. The number of halogens is 3. The second-order valence-corrected chi connectivity index (χ2v) is 4.04. The summed E-state index contributed by atoms with van der Waals surface area (Å²) in [5, 5.41) is 9.19. The van der Waals surface area contributed by atoms with Gasteiger partial charge in [-0.2, -0.15) is 13.2 Å². The molecule has 0 heterocycles. The minimum Gasteiger partial charge on any atom is -0.393 e. The predicted octanol–water partition coefficient (Wildman–Crippen LogP) is 3.18. The SMILES string of the molecule is CCCC(O)CCCSC(F)(F)F. The van der Waals surface area contributed by atoms with E-state index in [1.54, 1.807) is 0 Å². The van der Waals surface area contributed by atoms with Crippen LogP contribution in [0.5, 0.6) is 0 Å². The first-order valence-corrected chi connectivity index (χ1v) is 5.33. The van der Waals surface area contributed by atoms with Crippen LogP contribution in [0.1, 0.15) is 32.6 Å². The zero-order chi connectivity index (χ0) is 10.3. The van der Waals surface area contributed by atoms with E-state index in [2.05, 4.69) is 0 Å². The molecular weight excluding hydrogens is 201 g/mol. The highest BCUT2D eigenvalue weighted by atomic mass is 32.2. The molecule has 0 aliphatic heterocycles. The van der Waals surface area contributed by atoms with Crippen molar-refractivity contribution in [2.45, 2.75) is 44.2 Å². The summed E-state index contributed by atoms with van der Waals surface area (Å²) in [5.74, 6) is 0.0459. The molecule has 0 aliphatic rings. The van der Waals surface area contributed by atoms with E-state index in [-0.39, 0.29) is 17.5 Å². The van der Waals surface area contributed by atoms with E-state index >= 15 is 0 Å². The van der Waals surface area contributed by atoms with Crippen LogP contribution in [0.15, 0.2) is 0 Å². The van der Waals surface area contributed by atoms with Crippen molar-refractivity contribution in [3.63, 3.8) is 0 Å². The molecule has 0 aromatic carbocycles. The van der Waals surface area contributed by atoms with Gasteiger partial charge in [0.05, 0.1) is 6.10 Å². The summed E-state index contributed by atoms with van der Waals surface area (Å²) in [4.78, 5) is 0. The molecule has 0 bridgehead atoms. The van der Waals surface area contributed by atoms with Crippen molar-refractivity contribution in [2.75, 3.05) is 5.75 Å². The van der Waals surface area contributed by atoms with Crippen molar-refractivity contribution in [1.29, 1.82) is 0 Å². The molecule has 0 saturated carbocycles. The van der Waals surface area contributed by atoms with Crippen LogP contribution in [0, 0.1) is 0 Å². The van der Waals surface area contributed by atoms with E-state index in [1.165, 1.54) is 0 Å². The molecule has 1 nitrogen and oxygen atoms in total. The first-order valence-electron chi connectivity index (χ1n) is 4.34. The molecule has 5 heteroatoms. The van der Waals surface area contributed by atoms with Gasteiger partial charge in [-0.25, -0.2) is 0 Å². The maximum Gasteiger partial charge on any atom is 0.441 e. The second-order valence-electron chi connectivity index (χ2n) is 2.88. The second kappa shape index (κ2) is 6.54. The van der Waals surface area contributed by atoms with Crippen LogP contribution >= 0.6 is 11.8 Å². The van der Waals surface area contributed by atoms with E-state index in [0.29, 0.717) is 19.3 Å². The molecule has 0 radical (unpaired) electrons. The van der Waals surface area contributed by atoms with Crippen LogP contribution in [-0.4, -0.2) is 22.5 Å². The molecule has 0 rings (SSSR count). The van der Waals surface area contributed by atoms with Crippen LogP contribution in [0.4, 0.5) is 13.2 Å². The zero-order valence-electron chi connectivity index (χ0n) is 7.60. The summed E-state index contributed by atoms with van der Waals surface area (Å²) in [6.45, 7) is 1.94. The van der Waals surface area contributed by atoms with E-state index in [4.69, 9.17) is 0 Å². The summed E-state index contributed by atoms with van der Waals surface area (Å²) in [7, 11) is 0. The van der Waals surface area contributed by atoms with Crippen LogP contribution < -0.4 is 0 Å². The maximum absolute atomic E-state index is 11.6. The molecule has 0 aromatic rings. The smallest absolute Gasteiger partial charge is 0.393 e. The van der Waals surface area contributed by atoms with Gasteiger partial charge in [0.1, 0.15) is 0 Å². The fourth-order valence-electron chi connectivity index (χ4n) is 0.984. The van der Waals surface area contributed by atoms with Gasteiger partial charge in [-0.15, -0.1) is 0 Å². The lowest BCUT2D eigenvalue weighted by Gasteiger charge is -2.09. The topological polar surface area (TPSA) is 20.2 Å². The van der Waals surface area contributed by atoms with Crippen molar-refractivity contribution >= 4 is 11.8 Å². The van der Waals surface area contributed by atoms with Gasteiger partial charge in [0, 0.05) is 5.75 Å². The Hall–Kier alpha value is 0.100. The predicted molar refractivity (Wildman–Crippen MR) is 48.7 cm³/mol. The van der Waals surface area contributed by atoms with Crippen LogP contribution in [-0.2, 0) is 0 Å². The Morgan fingerprint density at radius 1 is 1.31 bits per heavy atom. The third-order valence-corrected chi connectivity index (χ3v) is 2.39. The number of hydrogen-bond acceptors (Lipinski definition) is 2. The van der Waals surface area contributed by atoms with E-state index in [1.807, 2.05) is 6.92 Å². The molecule has 0 saturated heterocycles. The van der Waals surface area contributed by atoms with Crippen LogP contribution in [0.25, 0.3) is 0 Å². The third-order valence-electron chi connectivity index (χ3n) is 1.57. The maximum atomic E-state index is 11.6. The molecule has 0 fully saturated rings. The number of aliphatic hydroxyl groups excluding tert-OH is 1. The molecule has 0 aliphatic carbocycles. The normalized spacial score (nSPS) is 14.5. The Bertz CT molecular complexity index is 127. The lowest BCUT2D eigenvalue weighted by Crippen LogP contribution is -2.07. The first kappa shape index (κ1) is 13.1. The van der Waals surface area contributed by atoms with Gasteiger partial charge in [0.25, 0.3) is 0 Å². The Morgan fingerprint density at radius 3 is 2.38 bits per heavy atom. The summed E-state index contributed by atoms with van der Waals surface area (Å²) in [5.41, 5.74) is -4.13. The fourth-order valence-corrected chi connectivity index (χ4v) is 1.53. The minimum absolute atomic E-state index is 0.0175. The van der Waals surface area contributed by atoms with Crippen molar-refractivity contribution in [3.05, 3.63) is 0 Å². The van der Waals surface area contributed by atoms with Crippen molar-refractivity contribution in [3.8, 4) is 0 Å². The van der Waals surface area contributed by atoms with Crippen LogP contribution in [0.3, 0.4) is 0 Å². The highest BCUT2D eigenvalue weighted by Crippen LogP contribution is 2.30. The molecule has 1 atom stereocenters. The number of aliphatic hydroxyl groups is 1. The Balaban J connectivity index is 3.25. The zero-order valence-corrected chi connectivity index (χ0v) is 8.42. The van der Waals surface area contributed by atoms with Gasteiger partial charge in [-0.1, -0.05) is 25.1 Å². The molecule has 0 amide bonds. The van der Waals surface area contributed by atoms with E-state index in [0.717, 1.165) is 6.42 Å². The molecular formula is C8H15F3OS. The largest absolute Gasteiger partial charge is 0.441 e. The van der Waals surface area contributed by atoms with E-state index < -0.39 is 11.6 Å². The molecule has 80 valence electrons. The van der Waals surface area contributed by atoms with E-state index in [9.17, 15) is 18.3 Å². The Morgan fingerprint density at radius 2 is 1.92 bits per heavy atom. The monoisotopic (exact) mass is 216 g/mol. The summed E-state index contributed by atoms with van der Waals surface area (Å²) >= 11 is -0.0175. The first-order chi connectivity index (χ1) is 5.95. The van der Waals surface area contributed by atoms with Gasteiger partial charge in [-0.05, 0) is 19.3 Å². The van der Waals surface area contributed by atoms with Gasteiger partial charge in [0.15, 0.2) is 0 Å². The molecule has 1 unspecified atom stereocenters. The molecule has 0 spiro atoms. The highest BCUT2D eigenvalue weighted by Gasteiger charge is 2.27. The standard InChI is InChI=1S/C8H15F3OS/c1-2-4-7(12)5-3-6-13-8(9,10)11/h7,12H,2-6H2,1H3. The lowest BCUT2D eigenvalue weighted by molar-refractivity contribution is -0.0328. The third kappa shape index (κ3) is 10.0. The quantitative estimate of drug-likeness (QED) is 0.688. The van der Waals surface area contributed by atoms with Gasteiger partial charge < -0.3 is 5.11 Å². The molecule has 13 heavy (non-hydrogen) atoms. The van der Waals surface area contributed by atoms with Crippen molar-refractivity contribution in [2.24, 2.45) is 0 Å². The fraction of sp³-hybridized carbons (Fsp3) is 1.00. The Labute approximate surface area is 80.7 Å². The number of thioether (sulfide) groups is 1. The number of alkyl halides is 3. The summed E-state index contributed by atoms with van der Waals surface area (Å²) in [6, 6.07) is 0. The lowest BCUT2D eigenvalue weighted by atomic mass is 10.1. The number of hydrogen-bond donors (Lipinski definition) is 1. The number of rotatable bonds is 6. The summed E-state index contributed by atoms with van der Waals surface area (Å²) in [6.07, 6.45) is 2.01. The van der Waals surface area contributed by atoms with Gasteiger partial charge in [-0.3, -0.25) is 0 Å². The van der Waals surface area contributed by atoms with Crippen LogP contribution in [0.2, 0.25) is 0 Å². The van der Waals surface area contributed by atoms with Gasteiger partial charge >= 0.3 is 5.51 Å². The minimum atomic E-state index is -4.13. The highest BCUT2D eigenvalue weighted by molar-refractivity contribution is 8.00. The Kier molecular flexibility index (Phi) is 6.59. The molecule has 1 N–H and O–H groups in total. The average Bonchev–Trinajstić information content (AvgIpc) is 1.97.